The summed E-state index contributed by atoms with van der Waals surface area (Å²) in [6.45, 7) is 1.65. The fourth-order valence-corrected chi connectivity index (χ4v) is 5.74. The van der Waals surface area contributed by atoms with E-state index in [1.807, 2.05) is 53.4 Å². The number of imide groups is 1. The Bertz CT molecular complexity index is 1300. The lowest BCUT2D eigenvalue weighted by Gasteiger charge is -2.35. The number of amides is 3. The molecule has 33 heavy (non-hydrogen) atoms. The molecule has 9 heteroatoms. The number of piperazine rings is 1. The van der Waals surface area contributed by atoms with Crippen molar-refractivity contribution in [1.29, 1.82) is 0 Å². The number of sulfonamides is 1. The third-order valence-corrected chi connectivity index (χ3v) is 8.05. The molecule has 0 spiro atoms. The maximum absolute atomic E-state index is 13.2. The van der Waals surface area contributed by atoms with Crippen molar-refractivity contribution in [2.24, 2.45) is 0 Å². The van der Waals surface area contributed by atoms with Crippen molar-refractivity contribution in [1.82, 2.24) is 14.1 Å². The van der Waals surface area contributed by atoms with Crippen molar-refractivity contribution in [3.8, 4) is 0 Å². The lowest BCUT2D eigenvalue weighted by molar-refractivity contribution is -0.126. The topological polar surface area (TPSA) is 81.2 Å². The van der Waals surface area contributed by atoms with E-state index in [0.29, 0.717) is 31.9 Å². The summed E-state index contributed by atoms with van der Waals surface area (Å²) in [6.07, 6.45) is 0. The number of urea groups is 1. The average molecular weight is 465 g/mol. The van der Waals surface area contributed by atoms with Gasteiger partial charge in [0, 0.05) is 31.9 Å². The summed E-state index contributed by atoms with van der Waals surface area (Å²) < 4.78 is 27.8. The molecule has 8 nitrogen and oxygen atoms in total. The van der Waals surface area contributed by atoms with Gasteiger partial charge in [-0.3, -0.25) is 14.6 Å². The van der Waals surface area contributed by atoms with E-state index in [0.717, 1.165) is 10.8 Å². The molecule has 0 aromatic heterocycles. The summed E-state index contributed by atoms with van der Waals surface area (Å²) in [7, 11) is -3.62. The zero-order valence-electron chi connectivity index (χ0n) is 18.0. The van der Waals surface area contributed by atoms with E-state index in [2.05, 4.69) is 0 Å². The van der Waals surface area contributed by atoms with Gasteiger partial charge in [0.15, 0.2) is 0 Å². The fraction of sp³-hybridized carbons (Fsp3) is 0.250. The zero-order valence-corrected chi connectivity index (χ0v) is 18.8. The Morgan fingerprint density at radius 2 is 1.42 bits per heavy atom. The number of hydrogen-bond acceptors (Lipinski definition) is 5. The van der Waals surface area contributed by atoms with Crippen molar-refractivity contribution < 1.29 is 18.0 Å². The van der Waals surface area contributed by atoms with Gasteiger partial charge in [-0.1, -0.05) is 48.5 Å². The predicted molar refractivity (Wildman–Crippen MR) is 125 cm³/mol. The molecule has 0 N–H and O–H groups in total. The van der Waals surface area contributed by atoms with Crippen LogP contribution in [0.25, 0.3) is 10.8 Å². The van der Waals surface area contributed by atoms with E-state index >= 15 is 0 Å². The van der Waals surface area contributed by atoms with Crippen molar-refractivity contribution in [2.75, 3.05) is 44.3 Å². The number of carbonyl (C=O) groups is 2. The highest BCUT2D eigenvalue weighted by atomic mass is 32.2. The van der Waals surface area contributed by atoms with Gasteiger partial charge >= 0.3 is 6.03 Å². The Morgan fingerprint density at radius 3 is 2.15 bits per heavy atom. The molecule has 2 aliphatic heterocycles. The maximum Gasteiger partial charge on any atom is 0.332 e. The number of anilines is 1. The Balaban J connectivity index is 1.23. The first-order valence-corrected chi connectivity index (χ1v) is 12.3. The number of nitrogens with zero attached hydrogens (tertiary/aromatic N) is 4. The highest BCUT2D eigenvalue weighted by molar-refractivity contribution is 7.89. The van der Waals surface area contributed by atoms with Crippen LogP contribution in [0.15, 0.2) is 77.7 Å². The minimum Gasteiger partial charge on any atom is -0.285 e. The Labute approximate surface area is 192 Å². The standard InChI is InChI=1S/C24H24N4O4S/c29-23-17-27(21-8-2-1-3-9-21)24(30)28(23)18-25-12-14-26(15-13-25)33(31,32)22-11-10-19-6-4-5-7-20(19)16-22/h1-11,16H,12-15,17-18H2. The van der Waals surface area contributed by atoms with Crippen LogP contribution in [-0.2, 0) is 14.8 Å². The number of benzene rings is 3. The molecule has 0 radical (unpaired) electrons. The van der Waals surface area contributed by atoms with E-state index in [1.165, 1.54) is 14.1 Å². The molecule has 0 unspecified atom stereocenters. The SMILES string of the molecule is O=C1CN(c2ccccc2)C(=O)N1CN1CCN(S(=O)(=O)c2ccc3ccccc3c2)CC1. The number of para-hydroxylation sites is 1. The number of hydrogen-bond donors (Lipinski definition) is 0. The number of carbonyl (C=O) groups excluding carboxylic acids is 2. The van der Waals surface area contributed by atoms with Gasteiger partial charge in [-0.05, 0) is 35.0 Å². The van der Waals surface area contributed by atoms with Crippen molar-refractivity contribution in [3.63, 3.8) is 0 Å². The predicted octanol–water partition coefficient (Wildman–Crippen LogP) is 2.57. The Hall–Kier alpha value is -3.27. The normalized spacial score (nSPS) is 18.4. The molecule has 3 aromatic rings. The third kappa shape index (κ3) is 4.10. The first kappa shape index (κ1) is 21.6. The molecule has 2 saturated heterocycles. The van der Waals surface area contributed by atoms with Gasteiger partial charge in [0.2, 0.25) is 10.0 Å². The second-order valence-electron chi connectivity index (χ2n) is 8.20. The summed E-state index contributed by atoms with van der Waals surface area (Å²) in [5.41, 5.74) is 0.685. The van der Waals surface area contributed by atoms with Crippen molar-refractivity contribution in [3.05, 3.63) is 72.8 Å². The lowest BCUT2D eigenvalue weighted by atomic mass is 10.1. The quantitative estimate of drug-likeness (QED) is 0.542. The third-order valence-electron chi connectivity index (χ3n) is 6.16. The average Bonchev–Trinajstić information content (AvgIpc) is 3.13. The molecule has 170 valence electrons. The smallest absolute Gasteiger partial charge is 0.285 e. The van der Waals surface area contributed by atoms with Crippen LogP contribution < -0.4 is 4.90 Å². The van der Waals surface area contributed by atoms with E-state index in [4.69, 9.17) is 0 Å². The van der Waals surface area contributed by atoms with Crippen LogP contribution in [0.4, 0.5) is 10.5 Å². The van der Waals surface area contributed by atoms with E-state index < -0.39 is 10.0 Å². The minimum absolute atomic E-state index is 0.0131. The number of rotatable bonds is 5. The second kappa shape index (κ2) is 8.58. The molecule has 3 amide bonds. The molecule has 0 bridgehead atoms. The molecule has 0 saturated carbocycles. The molecule has 2 fully saturated rings. The highest BCUT2D eigenvalue weighted by Gasteiger charge is 2.38. The van der Waals surface area contributed by atoms with Crippen LogP contribution >= 0.6 is 0 Å². The van der Waals surface area contributed by atoms with E-state index in [-0.39, 0.29) is 30.0 Å². The van der Waals surface area contributed by atoms with Gasteiger partial charge in [0.1, 0.15) is 6.54 Å². The summed E-state index contributed by atoms with van der Waals surface area (Å²) in [6, 6.07) is 21.6. The first-order chi connectivity index (χ1) is 15.9. The Morgan fingerprint density at radius 1 is 0.758 bits per heavy atom. The molecule has 0 atom stereocenters. The minimum atomic E-state index is -3.62. The molecular weight excluding hydrogens is 440 g/mol. The molecular formula is C24H24N4O4S. The van der Waals surface area contributed by atoms with Crippen molar-refractivity contribution >= 4 is 38.4 Å². The van der Waals surface area contributed by atoms with Crippen LogP contribution in [0.5, 0.6) is 0 Å². The van der Waals surface area contributed by atoms with Gasteiger partial charge in [-0.15, -0.1) is 0 Å². The zero-order chi connectivity index (χ0) is 23.0. The van der Waals surface area contributed by atoms with Crippen LogP contribution in [0, 0.1) is 0 Å². The summed E-state index contributed by atoms with van der Waals surface area (Å²) >= 11 is 0. The van der Waals surface area contributed by atoms with Crippen LogP contribution in [-0.4, -0.2) is 73.9 Å². The molecule has 2 heterocycles. The summed E-state index contributed by atoms with van der Waals surface area (Å²) in [4.78, 5) is 30.2. The van der Waals surface area contributed by atoms with Crippen molar-refractivity contribution in [2.45, 2.75) is 4.90 Å². The van der Waals surface area contributed by atoms with Gasteiger partial charge in [-0.2, -0.15) is 4.31 Å². The molecule has 3 aromatic carbocycles. The fourth-order valence-electron chi connectivity index (χ4n) is 4.28. The highest BCUT2D eigenvalue weighted by Crippen LogP contribution is 2.24. The second-order valence-corrected chi connectivity index (χ2v) is 10.1. The van der Waals surface area contributed by atoms with Crippen LogP contribution in [0.2, 0.25) is 0 Å². The van der Waals surface area contributed by atoms with Crippen LogP contribution in [0.1, 0.15) is 0 Å². The summed E-state index contributed by atoms with van der Waals surface area (Å²) in [5.74, 6) is -0.255. The van der Waals surface area contributed by atoms with Gasteiger partial charge < -0.3 is 0 Å². The lowest BCUT2D eigenvalue weighted by Crippen LogP contribution is -2.52. The molecule has 2 aliphatic rings. The van der Waals surface area contributed by atoms with Crippen LogP contribution in [0.3, 0.4) is 0 Å². The maximum atomic E-state index is 13.2. The van der Waals surface area contributed by atoms with E-state index in [9.17, 15) is 18.0 Å². The largest absolute Gasteiger partial charge is 0.332 e. The monoisotopic (exact) mass is 464 g/mol. The molecule has 0 aliphatic carbocycles. The first-order valence-electron chi connectivity index (χ1n) is 10.8. The van der Waals surface area contributed by atoms with Gasteiger partial charge in [0.25, 0.3) is 5.91 Å². The summed E-state index contributed by atoms with van der Waals surface area (Å²) in [5, 5.41) is 1.87. The van der Waals surface area contributed by atoms with Gasteiger partial charge in [-0.25, -0.2) is 18.1 Å². The van der Waals surface area contributed by atoms with Gasteiger partial charge in [0.05, 0.1) is 11.6 Å². The van der Waals surface area contributed by atoms with E-state index in [1.54, 1.807) is 24.3 Å². The number of fused-ring (bicyclic) bond motifs is 1. The molecule has 5 rings (SSSR count). The Kier molecular flexibility index (Phi) is 5.61.